The first-order valence-corrected chi connectivity index (χ1v) is 8.36. The van der Waals surface area contributed by atoms with Crippen LogP contribution in [-0.2, 0) is 12.8 Å². The summed E-state index contributed by atoms with van der Waals surface area (Å²) in [5.74, 6) is -0.0141. The van der Waals surface area contributed by atoms with Crippen molar-refractivity contribution in [2.75, 3.05) is 12.4 Å². The van der Waals surface area contributed by atoms with Gasteiger partial charge < -0.3 is 10.6 Å². The minimum absolute atomic E-state index is 0.0850. The van der Waals surface area contributed by atoms with E-state index in [1.165, 1.54) is 24.2 Å². The van der Waals surface area contributed by atoms with Crippen LogP contribution < -0.4 is 16.0 Å². The van der Waals surface area contributed by atoms with E-state index in [2.05, 4.69) is 44.3 Å². The van der Waals surface area contributed by atoms with Gasteiger partial charge in [0.05, 0.1) is 0 Å². The van der Waals surface area contributed by atoms with Gasteiger partial charge in [-0.05, 0) is 48.9 Å². The molecule has 3 amide bonds. The number of hydrogen-bond donors (Lipinski definition) is 3. The second-order valence-electron chi connectivity index (χ2n) is 6.04. The highest BCUT2D eigenvalue weighted by molar-refractivity contribution is 5.92. The van der Waals surface area contributed by atoms with Crippen molar-refractivity contribution in [3.8, 4) is 0 Å². The minimum Gasteiger partial charge on any atom is -0.354 e. The van der Waals surface area contributed by atoms with Gasteiger partial charge in [0, 0.05) is 13.1 Å². The molecule has 130 valence electrons. The van der Waals surface area contributed by atoms with Crippen LogP contribution in [0.15, 0.2) is 36.4 Å². The van der Waals surface area contributed by atoms with E-state index in [1.807, 2.05) is 6.07 Å². The number of hydrogen-bond acceptors (Lipinski definition) is 4. The molecule has 2 aromatic rings. The van der Waals surface area contributed by atoms with Crippen molar-refractivity contribution in [3.05, 3.63) is 53.2 Å². The molecule has 0 bridgehead atoms. The van der Waals surface area contributed by atoms with Crippen molar-refractivity contribution >= 4 is 17.8 Å². The average Bonchev–Trinajstić information content (AvgIpc) is 2.83. The molecule has 25 heavy (non-hydrogen) atoms. The Morgan fingerprint density at radius 3 is 2.60 bits per heavy atom. The third-order valence-corrected chi connectivity index (χ3v) is 4.28. The Bertz CT molecular complexity index is 760. The summed E-state index contributed by atoms with van der Waals surface area (Å²) in [5, 5.41) is 15.8. The minimum atomic E-state index is -0.319. The summed E-state index contributed by atoms with van der Waals surface area (Å²) in [7, 11) is 1.52. The smallest absolute Gasteiger partial charge is 0.320 e. The molecule has 0 radical (unpaired) electrons. The summed E-state index contributed by atoms with van der Waals surface area (Å²) in [6, 6.07) is 11.2. The number of nitrogens with zero attached hydrogens (tertiary/aromatic N) is 2. The predicted molar refractivity (Wildman–Crippen MR) is 94.4 cm³/mol. The number of rotatable bonds is 3. The molecule has 1 aromatic heterocycles. The molecule has 1 atom stereocenters. The van der Waals surface area contributed by atoms with Gasteiger partial charge >= 0.3 is 6.03 Å². The first-order valence-electron chi connectivity index (χ1n) is 8.36. The highest BCUT2D eigenvalue weighted by Crippen LogP contribution is 2.20. The van der Waals surface area contributed by atoms with Gasteiger partial charge in [0.1, 0.15) is 0 Å². The molecule has 1 unspecified atom stereocenters. The van der Waals surface area contributed by atoms with E-state index >= 15 is 0 Å². The maximum atomic E-state index is 12.2. The van der Waals surface area contributed by atoms with Crippen molar-refractivity contribution in [3.63, 3.8) is 0 Å². The van der Waals surface area contributed by atoms with Crippen LogP contribution >= 0.6 is 0 Å². The molecular formula is C18H21N5O2. The van der Waals surface area contributed by atoms with Crippen LogP contribution in [0.2, 0.25) is 0 Å². The summed E-state index contributed by atoms with van der Waals surface area (Å²) in [5.41, 5.74) is 2.86. The van der Waals surface area contributed by atoms with E-state index in [0.717, 1.165) is 25.7 Å². The van der Waals surface area contributed by atoms with Crippen LogP contribution in [0.3, 0.4) is 0 Å². The third-order valence-electron chi connectivity index (χ3n) is 4.28. The van der Waals surface area contributed by atoms with Gasteiger partial charge in [-0.2, -0.15) is 0 Å². The number of benzene rings is 1. The van der Waals surface area contributed by atoms with E-state index in [-0.39, 0.29) is 23.7 Å². The number of anilines is 1. The first-order chi connectivity index (χ1) is 12.2. The Morgan fingerprint density at radius 1 is 1.08 bits per heavy atom. The second kappa shape index (κ2) is 7.74. The molecule has 0 aliphatic heterocycles. The van der Waals surface area contributed by atoms with Crippen molar-refractivity contribution < 1.29 is 9.59 Å². The van der Waals surface area contributed by atoms with E-state index in [4.69, 9.17) is 0 Å². The fraction of sp³-hybridized carbons (Fsp3) is 0.333. The molecule has 0 fully saturated rings. The Kier molecular flexibility index (Phi) is 5.23. The van der Waals surface area contributed by atoms with Crippen LogP contribution in [0, 0.1) is 0 Å². The van der Waals surface area contributed by atoms with Crippen LogP contribution in [-0.4, -0.2) is 35.2 Å². The summed E-state index contributed by atoms with van der Waals surface area (Å²) in [4.78, 5) is 23.6. The molecule has 1 aromatic carbocycles. The normalized spacial score (nSPS) is 16.3. The van der Waals surface area contributed by atoms with Gasteiger partial charge in [-0.3, -0.25) is 10.1 Å². The van der Waals surface area contributed by atoms with Gasteiger partial charge in [0.2, 0.25) is 0 Å². The zero-order valence-electron chi connectivity index (χ0n) is 14.1. The van der Waals surface area contributed by atoms with Crippen molar-refractivity contribution in [2.24, 2.45) is 0 Å². The summed E-state index contributed by atoms with van der Waals surface area (Å²) >= 11 is 0. The molecule has 7 nitrogen and oxygen atoms in total. The number of urea groups is 1. The zero-order valence-corrected chi connectivity index (χ0v) is 14.1. The van der Waals surface area contributed by atoms with Gasteiger partial charge in [-0.1, -0.05) is 24.3 Å². The number of carbonyl (C=O) groups is 2. The highest BCUT2D eigenvalue weighted by atomic mass is 16.2. The number of nitrogens with one attached hydrogen (secondary N) is 3. The number of aromatic nitrogens is 2. The third kappa shape index (κ3) is 4.32. The van der Waals surface area contributed by atoms with E-state index in [1.54, 1.807) is 6.07 Å². The molecule has 0 spiro atoms. The Morgan fingerprint density at radius 2 is 1.88 bits per heavy atom. The molecule has 3 N–H and O–H groups in total. The van der Waals surface area contributed by atoms with Crippen molar-refractivity contribution in [1.82, 2.24) is 20.8 Å². The van der Waals surface area contributed by atoms with Gasteiger partial charge in [0.15, 0.2) is 11.5 Å². The fourth-order valence-electron chi connectivity index (χ4n) is 3.02. The van der Waals surface area contributed by atoms with Crippen LogP contribution in [0.1, 0.15) is 34.5 Å². The molecule has 0 saturated carbocycles. The fourth-order valence-corrected chi connectivity index (χ4v) is 3.02. The summed E-state index contributed by atoms with van der Waals surface area (Å²) in [6.07, 6.45) is 3.85. The maximum absolute atomic E-state index is 12.2. The molecular weight excluding hydrogens is 318 g/mol. The van der Waals surface area contributed by atoms with Crippen LogP contribution in [0.5, 0.6) is 0 Å². The van der Waals surface area contributed by atoms with Crippen molar-refractivity contribution in [2.45, 2.75) is 31.7 Å². The standard InChI is InChI=1S/C18H21N5O2/c1-19-17(24)15-9-10-16(23-22-15)21-18(25)20-14-8-4-7-12-5-2-3-6-13(12)11-14/h2-3,5-6,9-10,14H,4,7-8,11H2,1H3,(H,19,24)(H2,20,21,23,25). The molecule has 7 heteroatoms. The van der Waals surface area contributed by atoms with Crippen molar-refractivity contribution in [1.29, 1.82) is 0 Å². The molecule has 1 aliphatic rings. The lowest BCUT2D eigenvalue weighted by molar-refractivity contribution is 0.0957. The Balaban J connectivity index is 1.58. The quantitative estimate of drug-likeness (QED) is 0.744. The average molecular weight is 339 g/mol. The molecule has 0 saturated heterocycles. The lowest BCUT2D eigenvalue weighted by atomic mass is 10.0. The molecule has 1 heterocycles. The molecule has 1 aliphatic carbocycles. The zero-order chi connectivity index (χ0) is 17.6. The van der Waals surface area contributed by atoms with Crippen LogP contribution in [0.25, 0.3) is 0 Å². The topological polar surface area (TPSA) is 96.0 Å². The monoisotopic (exact) mass is 339 g/mol. The van der Waals surface area contributed by atoms with E-state index in [0.29, 0.717) is 5.82 Å². The van der Waals surface area contributed by atoms with Gasteiger partial charge in [-0.15, -0.1) is 10.2 Å². The van der Waals surface area contributed by atoms with E-state index < -0.39 is 0 Å². The first kappa shape index (κ1) is 16.9. The summed E-state index contributed by atoms with van der Waals surface area (Å²) in [6.45, 7) is 0. The van der Waals surface area contributed by atoms with Gasteiger partial charge in [0.25, 0.3) is 5.91 Å². The number of carbonyl (C=O) groups excluding carboxylic acids is 2. The van der Waals surface area contributed by atoms with Gasteiger partial charge in [-0.25, -0.2) is 4.79 Å². The Hall–Kier alpha value is -2.96. The number of aryl methyl sites for hydroxylation is 1. The predicted octanol–water partition coefficient (Wildman–Crippen LogP) is 1.91. The highest BCUT2D eigenvalue weighted by Gasteiger charge is 2.18. The molecule has 3 rings (SSSR count). The second-order valence-corrected chi connectivity index (χ2v) is 6.04. The maximum Gasteiger partial charge on any atom is 0.320 e. The number of amides is 3. The lowest BCUT2D eigenvalue weighted by Crippen LogP contribution is -2.39. The SMILES string of the molecule is CNC(=O)c1ccc(NC(=O)NC2CCCc3ccccc3C2)nn1. The summed E-state index contributed by atoms with van der Waals surface area (Å²) < 4.78 is 0. The van der Waals surface area contributed by atoms with Crippen LogP contribution in [0.4, 0.5) is 10.6 Å². The Labute approximate surface area is 146 Å². The largest absolute Gasteiger partial charge is 0.354 e. The van der Waals surface area contributed by atoms with E-state index in [9.17, 15) is 9.59 Å². The number of fused-ring (bicyclic) bond motifs is 1. The lowest BCUT2D eigenvalue weighted by Gasteiger charge is -2.17.